The van der Waals surface area contributed by atoms with E-state index in [9.17, 15) is 4.79 Å². The molecule has 120 valence electrons. The number of amides is 1. The van der Waals surface area contributed by atoms with Crippen molar-refractivity contribution in [2.75, 3.05) is 13.1 Å². The fourth-order valence-electron chi connectivity index (χ4n) is 3.78. The number of nitrogens with zero attached hydrogens (tertiary/aromatic N) is 1. The number of hydrogen-bond donors (Lipinski definition) is 2. The Kier molecular flexibility index (Phi) is 3.18. The van der Waals surface area contributed by atoms with Crippen molar-refractivity contribution in [3.63, 3.8) is 0 Å². The van der Waals surface area contributed by atoms with Gasteiger partial charge in [-0.3, -0.25) is 4.79 Å². The van der Waals surface area contributed by atoms with E-state index < -0.39 is 0 Å². The maximum Gasteiger partial charge on any atom is 0.252 e. The van der Waals surface area contributed by atoms with Gasteiger partial charge in [-0.25, -0.2) is 4.98 Å². The molecule has 1 aliphatic carbocycles. The van der Waals surface area contributed by atoms with Gasteiger partial charge < -0.3 is 10.6 Å². The van der Waals surface area contributed by atoms with E-state index in [1.54, 1.807) is 11.3 Å². The standard InChI is InChI=1S/C19H17N3OS/c23-19(22-18-13-9-20-10-14(13)18)12-8-16(17-6-3-7-24-17)21-15-5-2-1-4-11(12)15/h1-8,13-14,18,20H,9-10H2,(H,22,23). The Morgan fingerprint density at radius 2 is 2.00 bits per heavy atom. The Bertz CT molecular complexity index is 912. The summed E-state index contributed by atoms with van der Waals surface area (Å²) in [6.45, 7) is 2.04. The van der Waals surface area contributed by atoms with Gasteiger partial charge in [-0.1, -0.05) is 24.3 Å². The number of fused-ring (bicyclic) bond motifs is 2. The molecular weight excluding hydrogens is 318 g/mol. The van der Waals surface area contributed by atoms with Crippen molar-refractivity contribution in [2.24, 2.45) is 11.8 Å². The first-order chi connectivity index (χ1) is 11.8. The van der Waals surface area contributed by atoms with Gasteiger partial charge >= 0.3 is 0 Å². The third-order valence-electron chi connectivity index (χ3n) is 5.12. The third kappa shape index (κ3) is 2.24. The van der Waals surface area contributed by atoms with Crippen molar-refractivity contribution >= 4 is 28.1 Å². The molecule has 1 amide bonds. The van der Waals surface area contributed by atoms with Crippen LogP contribution >= 0.6 is 11.3 Å². The molecule has 0 spiro atoms. The number of hydrogen-bond acceptors (Lipinski definition) is 4. The van der Waals surface area contributed by atoms with Crippen LogP contribution < -0.4 is 10.6 Å². The second-order valence-electron chi connectivity index (χ2n) is 6.53. The van der Waals surface area contributed by atoms with Gasteiger partial charge in [0.05, 0.1) is 21.7 Å². The summed E-state index contributed by atoms with van der Waals surface area (Å²) in [4.78, 5) is 18.7. The number of pyridine rings is 1. The van der Waals surface area contributed by atoms with Crippen LogP contribution in [0.1, 0.15) is 10.4 Å². The number of benzene rings is 1. The van der Waals surface area contributed by atoms with Gasteiger partial charge in [0.2, 0.25) is 0 Å². The summed E-state index contributed by atoms with van der Waals surface area (Å²) < 4.78 is 0. The highest BCUT2D eigenvalue weighted by molar-refractivity contribution is 7.13. The minimum atomic E-state index is 0.0193. The summed E-state index contributed by atoms with van der Waals surface area (Å²) in [5.74, 6) is 1.24. The van der Waals surface area contributed by atoms with E-state index in [-0.39, 0.29) is 5.91 Å². The first-order valence-corrected chi connectivity index (χ1v) is 9.14. The van der Waals surface area contributed by atoms with E-state index >= 15 is 0 Å². The molecule has 3 heterocycles. The molecule has 2 aromatic heterocycles. The molecule has 0 bridgehead atoms. The lowest BCUT2D eigenvalue weighted by Gasteiger charge is -2.11. The number of thiophene rings is 1. The zero-order chi connectivity index (χ0) is 16.1. The molecule has 1 saturated carbocycles. The second-order valence-corrected chi connectivity index (χ2v) is 7.48. The molecule has 2 fully saturated rings. The van der Waals surface area contributed by atoms with Crippen molar-refractivity contribution in [3.05, 3.63) is 53.4 Å². The Morgan fingerprint density at radius 3 is 2.79 bits per heavy atom. The molecule has 2 aliphatic rings. The summed E-state index contributed by atoms with van der Waals surface area (Å²) in [5.41, 5.74) is 2.46. The zero-order valence-electron chi connectivity index (χ0n) is 13.0. The Morgan fingerprint density at radius 1 is 1.17 bits per heavy atom. The number of piperidine rings is 1. The van der Waals surface area contributed by atoms with E-state index in [1.165, 1.54) is 0 Å². The van der Waals surface area contributed by atoms with Gasteiger partial charge in [-0.05, 0) is 35.4 Å². The fourth-order valence-corrected chi connectivity index (χ4v) is 4.46. The Balaban J connectivity index is 1.54. The van der Waals surface area contributed by atoms with E-state index in [4.69, 9.17) is 4.98 Å². The number of aromatic nitrogens is 1. The van der Waals surface area contributed by atoms with Crippen LogP contribution in [0.3, 0.4) is 0 Å². The molecule has 5 heteroatoms. The number of rotatable bonds is 3. The maximum absolute atomic E-state index is 12.9. The quantitative estimate of drug-likeness (QED) is 0.774. The monoisotopic (exact) mass is 335 g/mol. The number of para-hydroxylation sites is 1. The van der Waals surface area contributed by atoms with E-state index in [1.807, 2.05) is 47.8 Å². The van der Waals surface area contributed by atoms with Crippen LogP contribution in [0.25, 0.3) is 21.5 Å². The average molecular weight is 335 g/mol. The lowest BCUT2D eigenvalue weighted by atomic mass is 10.1. The second kappa shape index (κ2) is 5.40. The molecule has 0 radical (unpaired) electrons. The van der Waals surface area contributed by atoms with Crippen LogP contribution in [-0.2, 0) is 0 Å². The number of carbonyl (C=O) groups is 1. The van der Waals surface area contributed by atoms with Gasteiger partial charge in [0.15, 0.2) is 0 Å². The van der Waals surface area contributed by atoms with Gasteiger partial charge in [-0.2, -0.15) is 0 Å². The first kappa shape index (κ1) is 14.1. The summed E-state index contributed by atoms with van der Waals surface area (Å²) in [7, 11) is 0. The highest BCUT2D eigenvalue weighted by Gasteiger charge is 2.53. The van der Waals surface area contributed by atoms with Crippen molar-refractivity contribution in [1.82, 2.24) is 15.6 Å². The van der Waals surface area contributed by atoms with Crippen molar-refractivity contribution in [1.29, 1.82) is 0 Å². The molecule has 1 saturated heterocycles. The van der Waals surface area contributed by atoms with Crippen molar-refractivity contribution < 1.29 is 4.79 Å². The van der Waals surface area contributed by atoms with Crippen LogP contribution in [0.2, 0.25) is 0 Å². The van der Waals surface area contributed by atoms with Gasteiger partial charge in [0, 0.05) is 24.5 Å². The molecule has 2 N–H and O–H groups in total. The maximum atomic E-state index is 12.9. The minimum Gasteiger partial charge on any atom is -0.349 e. The molecule has 2 unspecified atom stereocenters. The first-order valence-electron chi connectivity index (χ1n) is 8.26. The predicted octanol–water partition coefficient (Wildman–Crippen LogP) is 2.91. The molecule has 3 aromatic rings. The van der Waals surface area contributed by atoms with Crippen LogP contribution in [0.15, 0.2) is 47.8 Å². The Hall–Kier alpha value is -2.24. The number of nitrogens with one attached hydrogen (secondary N) is 2. The largest absolute Gasteiger partial charge is 0.349 e. The predicted molar refractivity (Wildman–Crippen MR) is 96.2 cm³/mol. The fraction of sp³-hybridized carbons (Fsp3) is 0.263. The summed E-state index contributed by atoms with van der Waals surface area (Å²) in [5, 5.41) is 9.54. The molecule has 2 atom stereocenters. The lowest BCUT2D eigenvalue weighted by Crippen LogP contribution is -2.32. The van der Waals surface area contributed by atoms with E-state index in [2.05, 4.69) is 10.6 Å². The van der Waals surface area contributed by atoms with Gasteiger partial charge in [0.1, 0.15) is 0 Å². The summed E-state index contributed by atoms with van der Waals surface area (Å²) >= 11 is 1.64. The van der Waals surface area contributed by atoms with Crippen LogP contribution in [-0.4, -0.2) is 30.0 Å². The van der Waals surface area contributed by atoms with Gasteiger partial charge in [0.25, 0.3) is 5.91 Å². The van der Waals surface area contributed by atoms with Crippen LogP contribution in [0.4, 0.5) is 0 Å². The lowest BCUT2D eigenvalue weighted by molar-refractivity contribution is 0.0948. The molecule has 1 aromatic carbocycles. The summed E-state index contributed by atoms with van der Waals surface area (Å²) in [6.07, 6.45) is 0. The zero-order valence-corrected chi connectivity index (χ0v) is 13.8. The molecule has 24 heavy (non-hydrogen) atoms. The van der Waals surface area contributed by atoms with Crippen LogP contribution in [0.5, 0.6) is 0 Å². The molecular formula is C19H17N3OS. The molecule has 1 aliphatic heterocycles. The summed E-state index contributed by atoms with van der Waals surface area (Å²) in [6, 6.07) is 14.2. The topological polar surface area (TPSA) is 54.0 Å². The molecule has 4 nitrogen and oxygen atoms in total. The van der Waals surface area contributed by atoms with Crippen LogP contribution in [0, 0.1) is 11.8 Å². The number of carbonyl (C=O) groups excluding carboxylic acids is 1. The Labute approximate surface area is 143 Å². The third-order valence-corrected chi connectivity index (χ3v) is 6.02. The normalized spacial score (nSPS) is 24.8. The highest BCUT2D eigenvalue weighted by atomic mass is 32.1. The van der Waals surface area contributed by atoms with Crippen molar-refractivity contribution in [2.45, 2.75) is 6.04 Å². The van der Waals surface area contributed by atoms with Crippen molar-refractivity contribution in [3.8, 4) is 10.6 Å². The molecule has 5 rings (SSSR count). The van der Waals surface area contributed by atoms with E-state index in [0.717, 1.165) is 40.1 Å². The van der Waals surface area contributed by atoms with Gasteiger partial charge in [-0.15, -0.1) is 11.3 Å². The average Bonchev–Trinajstić information content (AvgIpc) is 3.08. The van der Waals surface area contributed by atoms with E-state index in [0.29, 0.717) is 17.9 Å². The highest BCUT2D eigenvalue weighted by Crippen LogP contribution is 2.42. The SMILES string of the molecule is O=C(NC1C2CNCC21)c1cc(-c2cccs2)nc2ccccc12. The smallest absolute Gasteiger partial charge is 0.252 e. The minimum absolute atomic E-state index is 0.0193.